The molecular weight excluding hydrogens is 288 g/mol. The van der Waals surface area contributed by atoms with Crippen LogP contribution in [-0.2, 0) is 19.4 Å². The fourth-order valence-electron chi connectivity index (χ4n) is 3.21. The molecule has 116 valence electrons. The van der Waals surface area contributed by atoms with Crippen LogP contribution in [-0.4, -0.2) is 19.4 Å². The van der Waals surface area contributed by atoms with Gasteiger partial charge in [0.1, 0.15) is 11.8 Å². The quantitative estimate of drug-likeness (QED) is 0.747. The van der Waals surface area contributed by atoms with E-state index in [1.54, 1.807) is 16.9 Å². The molecule has 0 N–H and O–H groups in total. The summed E-state index contributed by atoms with van der Waals surface area (Å²) in [4.78, 5) is 12.8. The Morgan fingerprint density at radius 3 is 2.74 bits per heavy atom. The average Bonchev–Trinajstić information content (AvgIpc) is 2.97. The van der Waals surface area contributed by atoms with Gasteiger partial charge < -0.3 is 0 Å². The van der Waals surface area contributed by atoms with Crippen LogP contribution < -0.4 is 5.56 Å². The van der Waals surface area contributed by atoms with E-state index in [-0.39, 0.29) is 5.56 Å². The molecule has 5 nitrogen and oxygen atoms in total. The molecule has 0 spiro atoms. The third-order valence-electron chi connectivity index (χ3n) is 4.47. The van der Waals surface area contributed by atoms with Crippen LogP contribution in [0.5, 0.6) is 0 Å². The summed E-state index contributed by atoms with van der Waals surface area (Å²) in [7, 11) is 0. The normalized spacial score (nSPS) is 13.9. The molecule has 1 aromatic carbocycles. The zero-order valence-electron chi connectivity index (χ0n) is 12.9. The van der Waals surface area contributed by atoms with E-state index in [1.807, 2.05) is 24.3 Å². The molecule has 0 unspecified atom stereocenters. The van der Waals surface area contributed by atoms with Crippen LogP contribution in [0.3, 0.4) is 0 Å². The second kappa shape index (κ2) is 5.50. The van der Waals surface area contributed by atoms with Crippen molar-refractivity contribution in [3.63, 3.8) is 0 Å². The van der Waals surface area contributed by atoms with E-state index in [2.05, 4.69) is 16.8 Å². The molecule has 0 bridgehead atoms. The first-order valence-electron chi connectivity index (χ1n) is 7.94. The molecule has 0 amide bonds. The van der Waals surface area contributed by atoms with E-state index >= 15 is 0 Å². The standard InChI is InChI=1S/C18H18N4O/c1-2-13-7-9-14(10-8-13)11-21-18(23)17-15-5-3-4-6-16(15)20-22(17)12-19-21/h2,7-10,12H,1,3-6,11H2. The second-order valence-electron chi connectivity index (χ2n) is 5.96. The van der Waals surface area contributed by atoms with Gasteiger partial charge in [-0.2, -0.15) is 10.2 Å². The Kier molecular flexibility index (Phi) is 3.33. The van der Waals surface area contributed by atoms with Crippen molar-refractivity contribution < 1.29 is 0 Å². The van der Waals surface area contributed by atoms with E-state index in [4.69, 9.17) is 0 Å². The summed E-state index contributed by atoms with van der Waals surface area (Å²) in [6, 6.07) is 7.99. The number of benzene rings is 1. The maximum Gasteiger partial charge on any atom is 0.293 e. The summed E-state index contributed by atoms with van der Waals surface area (Å²) in [5.74, 6) is 0. The van der Waals surface area contributed by atoms with Crippen molar-refractivity contribution in [1.29, 1.82) is 0 Å². The third kappa shape index (κ3) is 2.38. The molecular formula is C18H18N4O. The molecule has 0 aliphatic heterocycles. The molecule has 1 aliphatic carbocycles. The highest BCUT2D eigenvalue weighted by molar-refractivity contribution is 5.55. The monoisotopic (exact) mass is 306 g/mol. The molecule has 2 aromatic heterocycles. The van der Waals surface area contributed by atoms with Gasteiger partial charge in [-0.1, -0.05) is 36.9 Å². The summed E-state index contributed by atoms with van der Waals surface area (Å²) in [6.07, 6.45) is 7.62. The van der Waals surface area contributed by atoms with Gasteiger partial charge in [-0.25, -0.2) is 9.20 Å². The Morgan fingerprint density at radius 2 is 1.96 bits per heavy atom. The van der Waals surface area contributed by atoms with Crippen molar-refractivity contribution in [3.05, 3.63) is 69.9 Å². The fourth-order valence-corrected chi connectivity index (χ4v) is 3.21. The summed E-state index contributed by atoms with van der Waals surface area (Å²) >= 11 is 0. The van der Waals surface area contributed by atoms with Crippen molar-refractivity contribution in [2.24, 2.45) is 0 Å². The maximum atomic E-state index is 12.8. The smallest absolute Gasteiger partial charge is 0.265 e. The van der Waals surface area contributed by atoms with Gasteiger partial charge in [0.05, 0.1) is 12.2 Å². The Balaban J connectivity index is 1.76. The Bertz CT molecular complexity index is 934. The first-order valence-corrected chi connectivity index (χ1v) is 7.94. The van der Waals surface area contributed by atoms with Crippen LogP contribution >= 0.6 is 0 Å². The highest BCUT2D eigenvalue weighted by Gasteiger charge is 2.19. The summed E-state index contributed by atoms with van der Waals surface area (Å²) in [6.45, 7) is 4.22. The van der Waals surface area contributed by atoms with E-state index in [0.29, 0.717) is 12.1 Å². The van der Waals surface area contributed by atoms with Gasteiger partial charge in [-0.05, 0) is 36.8 Å². The lowest BCUT2D eigenvalue weighted by molar-refractivity contribution is 0.618. The first kappa shape index (κ1) is 13.9. The summed E-state index contributed by atoms with van der Waals surface area (Å²) in [5.41, 5.74) is 4.91. The zero-order valence-corrected chi connectivity index (χ0v) is 12.9. The predicted molar refractivity (Wildman–Crippen MR) is 89.5 cm³/mol. The number of aromatic nitrogens is 4. The van der Waals surface area contributed by atoms with Gasteiger partial charge in [0.15, 0.2) is 0 Å². The minimum absolute atomic E-state index is 0.0593. The van der Waals surface area contributed by atoms with Gasteiger partial charge in [0.25, 0.3) is 5.56 Å². The molecule has 0 saturated carbocycles. The second-order valence-corrected chi connectivity index (χ2v) is 5.96. The van der Waals surface area contributed by atoms with Gasteiger partial charge in [0.2, 0.25) is 0 Å². The lowest BCUT2D eigenvalue weighted by atomic mass is 9.97. The third-order valence-corrected chi connectivity index (χ3v) is 4.47. The Hall–Kier alpha value is -2.69. The number of fused-ring (bicyclic) bond motifs is 3. The molecule has 0 saturated heterocycles. The maximum absolute atomic E-state index is 12.8. The van der Waals surface area contributed by atoms with Crippen molar-refractivity contribution in [2.75, 3.05) is 0 Å². The topological polar surface area (TPSA) is 52.2 Å². The predicted octanol–water partition coefficient (Wildman–Crippen LogP) is 2.46. The SMILES string of the molecule is C=Cc1ccc(Cn2ncn3nc4c(c3c2=O)CCCC4)cc1. The fraction of sp³-hybridized carbons (Fsp3) is 0.278. The van der Waals surface area contributed by atoms with E-state index < -0.39 is 0 Å². The largest absolute Gasteiger partial charge is 0.293 e. The van der Waals surface area contributed by atoms with Crippen LogP contribution in [0.1, 0.15) is 35.2 Å². The summed E-state index contributed by atoms with van der Waals surface area (Å²) in [5, 5.41) is 8.79. The van der Waals surface area contributed by atoms with Crippen molar-refractivity contribution in [1.82, 2.24) is 19.4 Å². The lowest BCUT2D eigenvalue weighted by Crippen LogP contribution is -2.26. The highest BCUT2D eigenvalue weighted by Crippen LogP contribution is 2.22. The summed E-state index contributed by atoms with van der Waals surface area (Å²) < 4.78 is 3.17. The minimum atomic E-state index is -0.0593. The van der Waals surface area contributed by atoms with Crippen LogP contribution in [0.4, 0.5) is 0 Å². The molecule has 0 atom stereocenters. The highest BCUT2D eigenvalue weighted by atomic mass is 16.1. The lowest BCUT2D eigenvalue weighted by Gasteiger charge is -2.09. The van der Waals surface area contributed by atoms with Gasteiger partial charge in [-0.3, -0.25) is 4.79 Å². The number of rotatable bonds is 3. The molecule has 1 aliphatic rings. The Labute approximate surface area is 133 Å². The van der Waals surface area contributed by atoms with Crippen LogP contribution in [0.2, 0.25) is 0 Å². The van der Waals surface area contributed by atoms with E-state index in [0.717, 1.165) is 48.1 Å². The number of hydrogen-bond acceptors (Lipinski definition) is 3. The number of aryl methyl sites for hydroxylation is 2. The van der Waals surface area contributed by atoms with Gasteiger partial charge in [-0.15, -0.1) is 0 Å². The number of nitrogens with zero attached hydrogens (tertiary/aromatic N) is 4. The van der Waals surface area contributed by atoms with Gasteiger partial charge >= 0.3 is 0 Å². The average molecular weight is 306 g/mol. The molecule has 2 heterocycles. The van der Waals surface area contributed by atoms with E-state index in [1.165, 1.54) is 4.68 Å². The van der Waals surface area contributed by atoms with Gasteiger partial charge in [0, 0.05) is 5.56 Å². The Morgan fingerprint density at radius 1 is 1.17 bits per heavy atom. The van der Waals surface area contributed by atoms with Crippen LogP contribution in [0.15, 0.2) is 42.0 Å². The number of hydrogen-bond donors (Lipinski definition) is 0. The molecule has 3 aromatic rings. The first-order chi connectivity index (χ1) is 11.3. The molecule has 0 fully saturated rings. The molecule has 4 rings (SSSR count). The van der Waals surface area contributed by atoms with Crippen molar-refractivity contribution in [2.45, 2.75) is 32.2 Å². The molecule has 0 radical (unpaired) electrons. The molecule has 23 heavy (non-hydrogen) atoms. The van der Waals surface area contributed by atoms with Crippen molar-refractivity contribution >= 4 is 11.6 Å². The zero-order chi connectivity index (χ0) is 15.8. The van der Waals surface area contributed by atoms with Crippen molar-refractivity contribution in [3.8, 4) is 0 Å². The molecule has 5 heteroatoms. The van der Waals surface area contributed by atoms with Crippen LogP contribution in [0.25, 0.3) is 11.6 Å². The van der Waals surface area contributed by atoms with E-state index in [9.17, 15) is 4.79 Å². The van der Waals surface area contributed by atoms with Crippen LogP contribution in [0, 0.1) is 0 Å². The minimum Gasteiger partial charge on any atom is -0.265 e.